The number of likely N-dealkylation sites (tertiary alicyclic amines) is 1. The van der Waals surface area contributed by atoms with Crippen LogP contribution in [0, 0.1) is 23.2 Å². The topological polar surface area (TPSA) is 174 Å². The fourth-order valence-electron chi connectivity index (χ4n) is 8.04. The summed E-state index contributed by atoms with van der Waals surface area (Å²) in [6.45, 7) is 8.09. The van der Waals surface area contributed by atoms with Crippen LogP contribution in [-0.4, -0.2) is 94.4 Å². The molecule has 5 aliphatic rings. The molecule has 0 aromatic rings. The van der Waals surface area contributed by atoms with E-state index in [-0.39, 0.29) is 48.1 Å². The van der Waals surface area contributed by atoms with Gasteiger partial charge in [0.25, 0.3) is 5.91 Å². The fourth-order valence-corrected chi connectivity index (χ4v) is 8.04. The number of hydrogen-bond acceptors (Lipinski definition) is 7. The molecule has 2 aliphatic carbocycles. The van der Waals surface area contributed by atoms with Crippen molar-refractivity contribution in [3.05, 3.63) is 0 Å². The fraction of sp³-hybridized carbons (Fsp3) is 0.811. The highest BCUT2D eigenvalue weighted by Gasteiger charge is 2.47. The second-order valence-corrected chi connectivity index (χ2v) is 16.6. The summed E-state index contributed by atoms with van der Waals surface area (Å²) < 4.78 is 0. The first-order chi connectivity index (χ1) is 23.7. The molecular formula is C37H58N6O7. The Morgan fingerprint density at radius 1 is 0.780 bits per heavy atom. The first kappa shape index (κ1) is 37.7. The van der Waals surface area contributed by atoms with Crippen LogP contribution in [0.3, 0.4) is 0 Å². The molecule has 7 amide bonds. The molecule has 5 rings (SSSR count). The highest BCUT2D eigenvalue weighted by Crippen LogP contribution is 2.38. The molecule has 2 unspecified atom stereocenters. The molecule has 2 bridgehead atoms. The third-order valence-corrected chi connectivity index (χ3v) is 11.5. The highest BCUT2D eigenvalue weighted by atomic mass is 16.2. The number of Topliss-reactive ketones (excluding diaryl/α,β-unsaturated/α-hetero) is 1. The molecule has 50 heavy (non-hydrogen) atoms. The van der Waals surface area contributed by atoms with Crippen molar-refractivity contribution in [1.82, 2.24) is 31.1 Å². The van der Waals surface area contributed by atoms with Gasteiger partial charge in [-0.05, 0) is 62.7 Å². The zero-order valence-corrected chi connectivity index (χ0v) is 30.4. The molecule has 13 nitrogen and oxygen atoms in total. The van der Waals surface area contributed by atoms with E-state index < -0.39 is 53.2 Å². The number of carbonyl (C=O) groups excluding carboxylic acids is 7. The lowest BCUT2D eigenvalue weighted by Crippen LogP contribution is -2.60. The summed E-state index contributed by atoms with van der Waals surface area (Å²) in [5, 5.41) is 11.5. The van der Waals surface area contributed by atoms with Crippen molar-refractivity contribution in [2.24, 2.45) is 23.2 Å². The summed E-state index contributed by atoms with van der Waals surface area (Å²) in [4.78, 5) is 96.7. The lowest BCUT2D eigenvalue weighted by Gasteiger charge is -2.38. The third kappa shape index (κ3) is 9.23. The molecule has 2 saturated carbocycles. The summed E-state index contributed by atoms with van der Waals surface area (Å²) in [6, 6.07) is -3.84. The molecule has 0 aromatic carbocycles. The summed E-state index contributed by atoms with van der Waals surface area (Å²) in [7, 11) is 0. The molecule has 3 saturated heterocycles. The van der Waals surface area contributed by atoms with Crippen molar-refractivity contribution in [2.75, 3.05) is 13.1 Å². The zero-order valence-electron chi connectivity index (χ0n) is 30.4. The molecular weight excluding hydrogens is 640 g/mol. The quantitative estimate of drug-likeness (QED) is 0.234. The number of rotatable bonds is 7. The lowest BCUT2D eigenvalue weighted by atomic mass is 9.85. The number of ketones is 1. The first-order valence-corrected chi connectivity index (χ1v) is 19.1. The first-order valence-electron chi connectivity index (χ1n) is 19.1. The zero-order chi connectivity index (χ0) is 36.2. The van der Waals surface area contributed by atoms with Crippen LogP contribution in [0.5, 0.6) is 0 Å². The van der Waals surface area contributed by atoms with Gasteiger partial charge in [0.05, 0.1) is 12.1 Å². The summed E-state index contributed by atoms with van der Waals surface area (Å²) in [5.41, 5.74) is -0.504. The molecule has 13 heteroatoms. The van der Waals surface area contributed by atoms with Gasteiger partial charge in [-0.25, -0.2) is 4.79 Å². The second kappa shape index (κ2) is 16.2. The van der Waals surface area contributed by atoms with Crippen LogP contribution in [0.2, 0.25) is 0 Å². The van der Waals surface area contributed by atoms with Crippen LogP contribution in [0.1, 0.15) is 124 Å². The predicted molar refractivity (Wildman–Crippen MR) is 185 cm³/mol. The molecule has 0 aromatic heterocycles. The Hall–Kier alpha value is -3.51. The van der Waals surface area contributed by atoms with Crippen LogP contribution in [-0.2, 0) is 28.8 Å². The van der Waals surface area contributed by atoms with Crippen molar-refractivity contribution in [3.8, 4) is 0 Å². The van der Waals surface area contributed by atoms with Crippen molar-refractivity contribution in [1.29, 1.82) is 0 Å². The van der Waals surface area contributed by atoms with Gasteiger partial charge in [0, 0.05) is 31.0 Å². The minimum absolute atomic E-state index is 0.0153. The molecule has 278 valence electrons. The number of nitrogens with zero attached hydrogens (tertiary/aromatic N) is 2. The Morgan fingerprint density at radius 3 is 1.98 bits per heavy atom. The van der Waals surface area contributed by atoms with Crippen molar-refractivity contribution in [3.63, 3.8) is 0 Å². The van der Waals surface area contributed by atoms with E-state index in [2.05, 4.69) is 21.3 Å². The third-order valence-electron chi connectivity index (χ3n) is 11.5. The number of amides is 7. The van der Waals surface area contributed by atoms with E-state index in [1.54, 1.807) is 0 Å². The number of nitrogens with one attached hydrogen (secondary N) is 4. The molecule has 4 N–H and O–H groups in total. The van der Waals surface area contributed by atoms with E-state index in [1.165, 1.54) is 9.80 Å². The molecule has 0 spiro atoms. The Labute approximate surface area is 296 Å². The van der Waals surface area contributed by atoms with Gasteiger partial charge >= 0.3 is 6.03 Å². The lowest BCUT2D eigenvalue weighted by molar-refractivity contribution is -0.153. The normalized spacial score (nSPS) is 30.7. The number of urea groups is 1. The standard InChI is InChI=1S/C37H58N6O7/c1-22-18-19-42-29(22)31(45)39-26(30(44)32(46)38-25-16-17-25)12-10-8-6-5-7-9-11-13-27(35(42)49)40-36(50)41-28(37(2,3)4)21-43-33(47)23-14-15-24(20-23)34(43)48/h22-29H,5-21H2,1-4H3,(H,38,46)(H,39,45)(H2,40,41,50)/t22-,23?,24?,26-,27-,28+,29-/m0/s1. The van der Waals surface area contributed by atoms with Gasteiger partial charge < -0.3 is 26.2 Å². The Bertz CT molecular complexity index is 1300. The number of carbonyl (C=O) groups is 7. The maximum atomic E-state index is 14.2. The Balaban J connectivity index is 1.30. The van der Waals surface area contributed by atoms with E-state index in [1.807, 2.05) is 27.7 Å². The maximum absolute atomic E-state index is 14.2. The predicted octanol–water partition coefficient (Wildman–Crippen LogP) is 2.95. The second-order valence-electron chi connectivity index (χ2n) is 16.6. The number of fused-ring (bicyclic) bond motifs is 3. The Morgan fingerprint density at radius 2 is 1.38 bits per heavy atom. The van der Waals surface area contributed by atoms with Gasteiger partial charge in [-0.15, -0.1) is 0 Å². The van der Waals surface area contributed by atoms with Gasteiger partial charge in [-0.2, -0.15) is 0 Å². The minimum Gasteiger partial charge on any atom is -0.347 e. The van der Waals surface area contributed by atoms with Crippen LogP contribution in [0.15, 0.2) is 0 Å². The Kier molecular flexibility index (Phi) is 12.2. The molecule has 7 atom stereocenters. The molecule has 0 radical (unpaired) electrons. The maximum Gasteiger partial charge on any atom is 0.315 e. The minimum atomic E-state index is -0.971. The molecule has 3 heterocycles. The van der Waals surface area contributed by atoms with Gasteiger partial charge in [0.15, 0.2) is 0 Å². The SMILES string of the molecule is C[C@H]1CCN2C(=O)[C@@H](NC(=O)N[C@H](CN3C(=O)C4CCC(C4)C3=O)C(C)(C)C)CCCCCCCCC[C@@H](C(=O)C(=O)NC3CC3)NC(=O)[C@H]12. The monoisotopic (exact) mass is 698 g/mol. The van der Waals surface area contributed by atoms with E-state index >= 15 is 0 Å². The van der Waals surface area contributed by atoms with E-state index in [4.69, 9.17) is 0 Å². The summed E-state index contributed by atoms with van der Waals surface area (Å²) in [5.74, 6) is -2.99. The van der Waals surface area contributed by atoms with Crippen LogP contribution in [0.25, 0.3) is 0 Å². The molecule has 3 aliphatic heterocycles. The highest BCUT2D eigenvalue weighted by molar-refractivity contribution is 6.38. The smallest absolute Gasteiger partial charge is 0.315 e. The van der Waals surface area contributed by atoms with Crippen LogP contribution >= 0.6 is 0 Å². The largest absolute Gasteiger partial charge is 0.347 e. The van der Waals surface area contributed by atoms with Crippen molar-refractivity contribution in [2.45, 2.75) is 154 Å². The number of piperidine rings is 1. The summed E-state index contributed by atoms with van der Waals surface area (Å²) >= 11 is 0. The number of hydrogen-bond donors (Lipinski definition) is 4. The van der Waals surface area contributed by atoms with Gasteiger partial charge in [0.1, 0.15) is 12.1 Å². The summed E-state index contributed by atoms with van der Waals surface area (Å²) in [6.07, 6.45) is 11.1. The average Bonchev–Trinajstić information content (AvgIpc) is 3.60. The van der Waals surface area contributed by atoms with Gasteiger partial charge in [0.2, 0.25) is 29.4 Å². The van der Waals surface area contributed by atoms with Gasteiger partial charge in [-0.3, -0.25) is 33.7 Å². The molecule has 5 fully saturated rings. The van der Waals surface area contributed by atoms with E-state index in [0.29, 0.717) is 57.9 Å². The van der Waals surface area contributed by atoms with Crippen LogP contribution in [0.4, 0.5) is 4.79 Å². The van der Waals surface area contributed by atoms with E-state index in [9.17, 15) is 33.6 Å². The van der Waals surface area contributed by atoms with Crippen LogP contribution < -0.4 is 21.3 Å². The number of imide groups is 1. The van der Waals surface area contributed by atoms with Crippen molar-refractivity contribution < 1.29 is 33.6 Å². The van der Waals surface area contributed by atoms with Crippen molar-refractivity contribution >= 4 is 41.4 Å². The van der Waals surface area contributed by atoms with E-state index in [0.717, 1.165) is 44.9 Å². The average molecular weight is 699 g/mol. The van der Waals surface area contributed by atoms with Gasteiger partial charge in [-0.1, -0.05) is 72.6 Å².